The van der Waals surface area contributed by atoms with Gasteiger partial charge in [-0.25, -0.2) is 0 Å². The lowest BCUT2D eigenvalue weighted by atomic mass is 10.6. The molecule has 0 aromatic carbocycles. The van der Waals surface area contributed by atoms with Gasteiger partial charge in [-0.2, -0.15) is 0 Å². The molecule has 1 aliphatic heterocycles. The molecule has 0 saturated carbocycles. The monoisotopic (exact) mass is 167 g/mol. The largest absolute Gasteiger partial charge is 0.288 e. The highest BCUT2D eigenvalue weighted by molar-refractivity contribution is 8.14. The molecule has 5 heteroatoms. The van der Waals surface area contributed by atoms with E-state index in [0.29, 0.717) is 5.75 Å². The highest BCUT2D eigenvalue weighted by Gasteiger charge is 2.25. The van der Waals surface area contributed by atoms with Crippen LogP contribution in [-0.4, -0.2) is 28.8 Å². The second kappa shape index (κ2) is 3.08. The number of thioether (sulfide) groups is 1. The molecule has 1 rings (SSSR count). The summed E-state index contributed by atoms with van der Waals surface area (Å²) < 4.78 is 0. The van der Waals surface area contributed by atoms with Crippen LogP contribution in [0, 0.1) is 0 Å². The van der Waals surface area contributed by atoms with E-state index in [1.807, 2.05) is 0 Å². The number of amides is 2. The summed E-state index contributed by atoms with van der Waals surface area (Å²) in [5.74, 6) is 0.218. The normalized spacial score (nSPS) is 18.1. The molecule has 0 bridgehead atoms. The van der Waals surface area contributed by atoms with Crippen LogP contribution in [0.1, 0.15) is 0 Å². The number of hydrogen-bond acceptors (Lipinski definition) is 3. The molecule has 52 valence electrons. The molecule has 1 saturated heterocycles. The van der Waals surface area contributed by atoms with Crippen molar-refractivity contribution in [3.63, 3.8) is 0 Å². The maximum absolute atomic E-state index is 10.5. The third-order valence-electron chi connectivity index (χ3n) is 0.967. The molecule has 0 spiro atoms. The average Bonchev–Trinajstić information content (AvgIpc) is 1.98. The predicted octanol–water partition coefficient (Wildman–Crippen LogP) is 0.733. The van der Waals surface area contributed by atoms with Gasteiger partial charge in [0, 0.05) is 7.05 Å². The van der Waals surface area contributed by atoms with E-state index in [4.69, 9.17) is 0 Å². The number of rotatable bonds is 0. The number of imide groups is 1. The van der Waals surface area contributed by atoms with E-state index >= 15 is 0 Å². The van der Waals surface area contributed by atoms with E-state index in [2.05, 4.69) is 0 Å². The zero-order valence-electron chi connectivity index (χ0n) is 4.79. The van der Waals surface area contributed by atoms with Crippen LogP contribution in [0.15, 0.2) is 0 Å². The Morgan fingerprint density at radius 1 is 1.56 bits per heavy atom. The molecule has 0 unspecified atom stereocenters. The molecule has 1 heterocycles. The third kappa shape index (κ3) is 1.59. The number of nitrogens with zero attached hydrogens (tertiary/aromatic N) is 1. The highest BCUT2D eigenvalue weighted by atomic mass is 35.5. The quantitative estimate of drug-likeness (QED) is 0.534. The first-order chi connectivity index (χ1) is 3.72. The van der Waals surface area contributed by atoms with E-state index in [-0.39, 0.29) is 23.6 Å². The topological polar surface area (TPSA) is 37.4 Å². The van der Waals surface area contributed by atoms with Gasteiger partial charge in [-0.3, -0.25) is 14.5 Å². The summed E-state index contributed by atoms with van der Waals surface area (Å²) >= 11 is 1.05. The van der Waals surface area contributed by atoms with Crippen LogP contribution in [0.5, 0.6) is 0 Å². The lowest BCUT2D eigenvalue weighted by Crippen LogP contribution is -2.22. The second-order valence-corrected chi connectivity index (χ2v) is 2.43. The molecule has 0 radical (unpaired) electrons. The van der Waals surface area contributed by atoms with Gasteiger partial charge in [-0.05, 0) is 0 Å². The van der Waals surface area contributed by atoms with Crippen LogP contribution in [0.2, 0.25) is 0 Å². The van der Waals surface area contributed by atoms with Crippen LogP contribution in [-0.2, 0) is 4.79 Å². The highest BCUT2D eigenvalue weighted by Crippen LogP contribution is 2.15. The van der Waals surface area contributed by atoms with Crippen LogP contribution >= 0.6 is 24.2 Å². The Morgan fingerprint density at radius 2 is 2.11 bits per heavy atom. The van der Waals surface area contributed by atoms with Crippen LogP contribution in [0.4, 0.5) is 4.79 Å². The minimum Gasteiger partial charge on any atom is -0.276 e. The van der Waals surface area contributed by atoms with Crippen molar-refractivity contribution in [1.29, 1.82) is 0 Å². The summed E-state index contributed by atoms with van der Waals surface area (Å²) in [7, 11) is 1.49. The zero-order chi connectivity index (χ0) is 6.15. The van der Waals surface area contributed by atoms with Gasteiger partial charge in [-0.1, -0.05) is 11.8 Å². The van der Waals surface area contributed by atoms with Gasteiger partial charge in [0.15, 0.2) is 0 Å². The molecule has 0 aromatic rings. The molecule has 0 atom stereocenters. The van der Waals surface area contributed by atoms with Gasteiger partial charge in [0.1, 0.15) is 0 Å². The van der Waals surface area contributed by atoms with Crippen LogP contribution in [0.25, 0.3) is 0 Å². The number of halogens is 1. The fourth-order valence-electron chi connectivity index (χ4n) is 0.419. The summed E-state index contributed by atoms with van der Waals surface area (Å²) in [4.78, 5) is 22.1. The fraction of sp³-hybridized carbons (Fsp3) is 0.500. The third-order valence-corrected chi connectivity index (χ3v) is 1.88. The van der Waals surface area contributed by atoms with E-state index in [1.165, 1.54) is 7.05 Å². The maximum atomic E-state index is 10.5. The Hall–Kier alpha value is -0.220. The maximum Gasteiger partial charge on any atom is 0.288 e. The van der Waals surface area contributed by atoms with Crippen molar-refractivity contribution in [1.82, 2.24) is 4.90 Å². The second-order valence-electron chi connectivity index (χ2n) is 1.51. The van der Waals surface area contributed by atoms with Crippen LogP contribution < -0.4 is 0 Å². The standard InChI is InChI=1S/C4H5NO2S.ClH/c1-5-3(6)2-8-4(5)7;/h2H2,1H3;1H. The minimum absolute atomic E-state index is 0. The van der Waals surface area contributed by atoms with Crippen molar-refractivity contribution >= 4 is 35.3 Å². The Balaban J connectivity index is 0.000000640. The summed E-state index contributed by atoms with van der Waals surface area (Å²) in [5, 5.41) is -0.144. The molecule has 0 aromatic heterocycles. The smallest absolute Gasteiger partial charge is 0.276 e. The Bertz CT molecular complexity index is 134. The van der Waals surface area contributed by atoms with E-state index in [1.54, 1.807) is 0 Å². The fourth-order valence-corrected chi connectivity index (χ4v) is 1.16. The molecular weight excluding hydrogens is 162 g/mol. The first kappa shape index (κ1) is 8.78. The van der Waals surface area contributed by atoms with Crippen molar-refractivity contribution in [2.45, 2.75) is 0 Å². The molecule has 0 N–H and O–H groups in total. The van der Waals surface area contributed by atoms with Crippen molar-refractivity contribution in [3.05, 3.63) is 0 Å². The number of hydrogen-bond donors (Lipinski definition) is 0. The minimum atomic E-state index is -0.144. The van der Waals surface area contributed by atoms with Crippen molar-refractivity contribution in [2.75, 3.05) is 12.8 Å². The van der Waals surface area contributed by atoms with Gasteiger partial charge >= 0.3 is 0 Å². The van der Waals surface area contributed by atoms with Gasteiger partial charge in [-0.15, -0.1) is 12.4 Å². The van der Waals surface area contributed by atoms with Crippen molar-refractivity contribution < 1.29 is 9.59 Å². The number of carbonyl (C=O) groups excluding carboxylic acids is 2. The van der Waals surface area contributed by atoms with E-state index < -0.39 is 0 Å². The predicted molar refractivity (Wildman–Crippen MR) is 37.9 cm³/mol. The first-order valence-electron chi connectivity index (χ1n) is 2.15. The van der Waals surface area contributed by atoms with Gasteiger partial charge < -0.3 is 0 Å². The molecular formula is C4H6ClNO2S. The molecule has 3 nitrogen and oxygen atoms in total. The van der Waals surface area contributed by atoms with Crippen LogP contribution in [0.3, 0.4) is 0 Å². The zero-order valence-corrected chi connectivity index (χ0v) is 6.42. The summed E-state index contributed by atoms with van der Waals surface area (Å²) in [5.41, 5.74) is 0. The van der Waals surface area contributed by atoms with Crippen molar-refractivity contribution in [2.24, 2.45) is 0 Å². The van der Waals surface area contributed by atoms with Gasteiger partial charge in [0.05, 0.1) is 5.75 Å². The Labute approximate surface area is 63.2 Å². The van der Waals surface area contributed by atoms with Gasteiger partial charge in [0.2, 0.25) is 5.91 Å². The molecule has 9 heavy (non-hydrogen) atoms. The Morgan fingerprint density at radius 3 is 2.22 bits per heavy atom. The van der Waals surface area contributed by atoms with Gasteiger partial charge in [0.25, 0.3) is 5.24 Å². The molecule has 1 fully saturated rings. The Kier molecular flexibility index (Phi) is 3.00. The molecule has 1 aliphatic rings. The number of carbonyl (C=O) groups is 2. The summed E-state index contributed by atoms with van der Waals surface area (Å²) in [6, 6.07) is 0. The molecule has 2 amide bonds. The lowest BCUT2D eigenvalue weighted by molar-refractivity contribution is -0.123. The SMILES string of the molecule is CN1C(=O)CSC1=O.Cl. The first-order valence-corrected chi connectivity index (χ1v) is 3.13. The molecule has 0 aliphatic carbocycles. The summed E-state index contributed by atoms with van der Waals surface area (Å²) in [6.45, 7) is 0. The average molecular weight is 168 g/mol. The lowest BCUT2D eigenvalue weighted by Gasteiger charge is -1.99. The van der Waals surface area contributed by atoms with E-state index in [9.17, 15) is 9.59 Å². The van der Waals surface area contributed by atoms with Crippen molar-refractivity contribution in [3.8, 4) is 0 Å². The summed E-state index contributed by atoms with van der Waals surface area (Å²) in [6.07, 6.45) is 0. The van der Waals surface area contributed by atoms with E-state index in [0.717, 1.165) is 16.7 Å².